The third-order valence-electron chi connectivity index (χ3n) is 2.50. The van der Waals surface area contributed by atoms with E-state index in [1.807, 2.05) is 0 Å². The van der Waals surface area contributed by atoms with Crippen LogP contribution in [0.3, 0.4) is 0 Å². The van der Waals surface area contributed by atoms with Crippen LogP contribution in [0.4, 0.5) is 26.3 Å². The van der Waals surface area contributed by atoms with Gasteiger partial charge in [-0.05, 0) is 24.1 Å². The van der Waals surface area contributed by atoms with E-state index in [-0.39, 0.29) is 12.0 Å². The third-order valence-corrected chi connectivity index (χ3v) is 2.50. The summed E-state index contributed by atoms with van der Waals surface area (Å²) in [5, 5.41) is 8.53. The number of carboxylic acid groups (broad SMARTS) is 1. The first-order valence-corrected chi connectivity index (χ1v) is 6.23. The van der Waals surface area contributed by atoms with Gasteiger partial charge in [0.25, 0.3) is 0 Å². The zero-order valence-corrected chi connectivity index (χ0v) is 11.9. The highest BCUT2D eigenvalue weighted by atomic mass is 19.4. The standard InChI is InChI=1S/C13H8F6O6/c14-12(15,16)10(22)24-7-3-1-6(2-4-9(20)21)5-8(7)25-11(23)13(17,18)19/h1,3,5H,2,4H2,(H,20,21). The van der Waals surface area contributed by atoms with E-state index in [9.17, 15) is 40.7 Å². The Balaban J connectivity index is 3.15. The summed E-state index contributed by atoms with van der Waals surface area (Å²) >= 11 is 0. The highest BCUT2D eigenvalue weighted by Crippen LogP contribution is 2.32. The molecule has 0 fully saturated rings. The molecule has 0 amide bonds. The van der Waals surface area contributed by atoms with Crippen LogP contribution in [0.5, 0.6) is 11.5 Å². The summed E-state index contributed by atoms with van der Waals surface area (Å²) < 4.78 is 81.0. The van der Waals surface area contributed by atoms with E-state index in [2.05, 4.69) is 9.47 Å². The van der Waals surface area contributed by atoms with Crippen molar-refractivity contribution in [3.63, 3.8) is 0 Å². The molecule has 0 saturated carbocycles. The number of esters is 2. The number of rotatable bonds is 5. The van der Waals surface area contributed by atoms with Gasteiger partial charge >= 0.3 is 30.3 Å². The summed E-state index contributed by atoms with van der Waals surface area (Å²) in [6.07, 6.45) is -11.6. The lowest BCUT2D eigenvalue weighted by Gasteiger charge is -2.13. The molecule has 0 radical (unpaired) electrons. The fraction of sp³-hybridized carbons (Fsp3) is 0.308. The molecule has 0 aromatic heterocycles. The largest absolute Gasteiger partial charge is 0.491 e. The number of carbonyl (C=O) groups excluding carboxylic acids is 2. The summed E-state index contributed by atoms with van der Waals surface area (Å²) in [6.45, 7) is 0. The van der Waals surface area contributed by atoms with Gasteiger partial charge in [0, 0.05) is 6.42 Å². The van der Waals surface area contributed by atoms with E-state index in [1.165, 1.54) is 0 Å². The van der Waals surface area contributed by atoms with Crippen LogP contribution in [0.1, 0.15) is 12.0 Å². The Morgan fingerprint density at radius 3 is 1.80 bits per heavy atom. The van der Waals surface area contributed by atoms with Crippen molar-refractivity contribution in [3.05, 3.63) is 23.8 Å². The second-order valence-corrected chi connectivity index (χ2v) is 4.45. The summed E-state index contributed by atoms with van der Waals surface area (Å²) in [6, 6.07) is 2.33. The third kappa shape index (κ3) is 6.31. The molecule has 0 aliphatic carbocycles. The van der Waals surface area contributed by atoms with Gasteiger partial charge in [-0.2, -0.15) is 26.3 Å². The Hall–Kier alpha value is -2.79. The number of hydrogen-bond donors (Lipinski definition) is 1. The van der Waals surface area contributed by atoms with Gasteiger partial charge < -0.3 is 14.6 Å². The molecule has 0 saturated heterocycles. The lowest BCUT2D eigenvalue weighted by atomic mass is 10.1. The lowest BCUT2D eigenvalue weighted by Crippen LogP contribution is -2.30. The van der Waals surface area contributed by atoms with Crippen LogP contribution < -0.4 is 9.47 Å². The first-order chi connectivity index (χ1) is 11.3. The molecule has 0 heterocycles. The second kappa shape index (κ2) is 7.40. The van der Waals surface area contributed by atoms with Crippen molar-refractivity contribution >= 4 is 17.9 Å². The molecular weight excluding hydrogens is 366 g/mol. The molecule has 0 spiro atoms. The van der Waals surface area contributed by atoms with Gasteiger partial charge in [-0.15, -0.1) is 0 Å². The summed E-state index contributed by atoms with van der Waals surface area (Å²) in [5.74, 6) is -8.94. The summed E-state index contributed by atoms with van der Waals surface area (Å²) in [5.41, 5.74) is 0.0270. The summed E-state index contributed by atoms with van der Waals surface area (Å²) in [7, 11) is 0. The second-order valence-electron chi connectivity index (χ2n) is 4.45. The Bertz CT molecular complexity index is 679. The highest BCUT2D eigenvalue weighted by Gasteiger charge is 2.43. The van der Waals surface area contributed by atoms with Crippen molar-refractivity contribution < 1.29 is 55.3 Å². The topological polar surface area (TPSA) is 89.9 Å². The van der Waals surface area contributed by atoms with Crippen molar-refractivity contribution in [1.82, 2.24) is 0 Å². The lowest BCUT2D eigenvalue weighted by molar-refractivity contribution is -0.191. The molecule has 1 aromatic rings. The molecule has 1 rings (SSSR count). The monoisotopic (exact) mass is 374 g/mol. The number of halogens is 6. The van der Waals surface area contributed by atoms with Crippen molar-refractivity contribution in [2.75, 3.05) is 0 Å². The first-order valence-electron chi connectivity index (χ1n) is 6.23. The Kier molecular flexibility index (Phi) is 6.00. The predicted octanol–water partition coefficient (Wildman–Crippen LogP) is 2.64. The molecule has 138 valence electrons. The number of ether oxygens (including phenoxy) is 2. The van der Waals surface area contributed by atoms with E-state index >= 15 is 0 Å². The highest BCUT2D eigenvalue weighted by molar-refractivity contribution is 5.81. The van der Waals surface area contributed by atoms with Crippen molar-refractivity contribution in [2.45, 2.75) is 25.2 Å². The number of hydrogen-bond acceptors (Lipinski definition) is 5. The molecule has 0 aliphatic heterocycles. The SMILES string of the molecule is O=C(O)CCc1ccc(OC(=O)C(F)(F)F)c(OC(=O)C(F)(F)F)c1. The van der Waals surface area contributed by atoms with Crippen LogP contribution in [0.2, 0.25) is 0 Å². The van der Waals surface area contributed by atoms with Crippen LogP contribution in [-0.4, -0.2) is 35.4 Å². The average Bonchev–Trinajstić information content (AvgIpc) is 2.45. The fourth-order valence-electron chi connectivity index (χ4n) is 1.44. The molecule has 25 heavy (non-hydrogen) atoms. The van der Waals surface area contributed by atoms with Gasteiger partial charge in [-0.25, -0.2) is 9.59 Å². The number of aliphatic carboxylic acids is 1. The minimum atomic E-state index is -5.46. The molecule has 1 N–H and O–H groups in total. The van der Waals surface area contributed by atoms with Gasteiger partial charge in [-0.3, -0.25) is 4.79 Å². The molecule has 6 nitrogen and oxygen atoms in total. The Morgan fingerprint density at radius 1 is 0.880 bits per heavy atom. The number of benzene rings is 1. The Labute approximate surface area is 134 Å². The van der Waals surface area contributed by atoms with Crippen LogP contribution in [0.25, 0.3) is 0 Å². The van der Waals surface area contributed by atoms with Gasteiger partial charge in [-0.1, -0.05) is 6.07 Å². The zero-order valence-electron chi connectivity index (χ0n) is 11.9. The van der Waals surface area contributed by atoms with Crippen LogP contribution in [0.15, 0.2) is 18.2 Å². The molecule has 0 aliphatic rings. The normalized spacial score (nSPS) is 11.8. The van der Waals surface area contributed by atoms with Gasteiger partial charge in [0.1, 0.15) is 0 Å². The van der Waals surface area contributed by atoms with Crippen LogP contribution in [-0.2, 0) is 20.8 Å². The van der Waals surface area contributed by atoms with Crippen molar-refractivity contribution in [2.24, 2.45) is 0 Å². The van der Waals surface area contributed by atoms with Crippen LogP contribution in [0, 0.1) is 0 Å². The van der Waals surface area contributed by atoms with Crippen LogP contribution >= 0.6 is 0 Å². The van der Waals surface area contributed by atoms with Crippen molar-refractivity contribution in [1.29, 1.82) is 0 Å². The number of aryl methyl sites for hydroxylation is 1. The van der Waals surface area contributed by atoms with E-state index in [1.54, 1.807) is 0 Å². The number of alkyl halides is 6. The molecule has 1 aromatic carbocycles. The van der Waals surface area contributed by atoms with E-state index in [4.69, 9.17) is 5.11 Å². The number of carbonyl (C=O) groups is 3. The molecule has 12 heteroatoms. The van der Waals surface area contributed by atoms with Gasteiger partial charge in [0.15, 0.2) is 11.5 Å². The quantitative estimate of drug-likeness (QED) is 0.484. The van der Waals surface area contributed by atoms with E-state index < -0.39 is 48.2 Å². The average molecular weight is 374 g/mol. The maximum Gasteiger partial charge on any atom is 0.491 e. The molecule has 0 atom stereocenters. The fourth-order valence-corrected chi connectivity index (χ4v) is 1.44. The number of carboxylic acids is 1. The Morgan fingerprint density at radius 2 is 1.36 bits per heavy atom. The molecule has 0 unspecified atom stereocenters. The molecule has 0 bridgehead atoms. The summed E-state index contributed by atoms with van der Waals surface area (Å²) in [4.78, 5) is 32.1. The predicted molar refractivity (Wildman–Crippen MR) is 65.8 cm³/mol. The van der Waals surface area contributed by atoms with Gasteiger partial charge in [0.05, 0.1) is 0 Å². The van der Waals surface area contributed by atoms with Crippen molar-refractivity contribution in [3.8, 4) is 11.5 Å². The maximum atomic E-state index is 12.2. The molecular formula is C13H8F6O6. The van der Waals surface area contributed by atoms with Gasteiger partial charge in [0.2, 0.25) is 0 Å². The minimum Gasteiger partial charge on any atom is -0.481 e. The smallest absolute Gasteiger partial charge is 0.481 e. The first kappa shape index (κ1) is 20.3. The van der Waals surface area contributed by atoms with E-state index in [0.717, 1.165) is 6.07 Å². The maximum absolute atomic E-state index is 12.2. The minimum absolute atomic E-state index is 0.0270. The van der Waals surface area contributed by atoms with E-state index in [0.29, 0.717) is 12.1 Å². The zero-order chi connectivity index (χ0) is 19.4.